The molecule has 2 N–H and O–H groups in total. The molecule has 3 aliphatic rings. The number of nitrogens with two attached hydrogens (primary N) is 1. The average molecular weight is 400 g/mol. The van der Waals surface area contributed by atoms with E-state index in [0.717, 1.165) is 10.7 Å². The highest BCUT2D eigenvalue weighted by Gasteiger charge is 2.47. The molecule has 0 saturated heterocycles. The third-order valence-electron chi connectivity index (χ3n) is 6.01. The zero-order valence-electron chi connectivity index (χ0n) is 15.9. The lowest BCUT2D eigenvalue weighted by molar-refractivity contribution is 0.337. The fourth-order valence-corrected chi connectivity index (χ4v) is 5.14. The molecule has 4 rings (SSSR count). The largest absolute Gasteiger partial charge is 0.339 e. The number of thioether (sulfide) groups is 1. The normalized spacial score (nSPS) is 25.6. The van der Waals surface area contributed by atoms with Crippen molar-refractivity contribution in [1.29, 1.82) is 0 Å². The van der Waals surface area contributed by atoms with Crippen LogP contribution in [0.4, 0.5) is 0 Å². The van der Waals surface area contributed by atoms with E-state index in [9.17, 15) is 0 Å². The van der Waals surface area contributed by atoms with Crippen molar-refractivity contribution in [1.82, 2.24) is 9.88 Å². The molecule has 142 valence electrons. The Morgan fingerprint density at radius 3 is 2.74 bits per heavy atom. The van der Waals surface area contributed by atoms with Gasteiger partial charge in [0, 0.05) is 34.4 Å². The van der Waals surface area contributed by atoms with E-state index in [1.807, 2.05) is 12.3 Å². The van der Waals surface area contributed by atoms with Crippen LogP contribution in [0, 0.1) is 5.41 Å². The number of nitrogens with zero attached hydrogens (tertiary/aromatic N) is 2. The maximum atomic E-state index is 6.48. The van der Waals surface area contributed by atoms with Crippen LogP contribution in [0.2, 0.25) is 0 Å². The lowest BCUT2D eigenvalue weighted by atomic mass is 9.80. The van der Waals surface area contributed by atoms with Crippen LogP contribution in [0.15, 0.2) is 63.8 Å². The van der Waals surface area contributed by atoms with E-state index in [2.05, 4.69) is 48.4 Å². The van der Waals surface area contributed by atoms with Gasteiger partial charge in [0.1, 0.15) is 0 Å². The highest BCUT2D eigenvalue weighted by atomic mass is 35.5. The Labute approximate surface area is 171 Å². The molecule has 0 amide bonds. The molecule has 1 unspecified atom stereocenters. The van der Waals surface area contributed by atoms with Gasteiger partial charge >= 0.3 is 0 Å². The maximum Gasteiger partial charge on any atom is 0.0867 e. The maximum absolute atomic E-state index is 6.48. The molecule has 27 heavy (non-hydrogen) atoms. The minimum atomic E-state index is -0.250. The van der Waals surface area contributed by atoms with Crippen LogP contribution in [0.25, 0.3) is 5.70 Å². The van der Waals surface area contributed by atoms with Crippen molar-refractivity contribution >= 4 is 29.1 Å². The Morgan fingerprint density at radius 1 is 1.33 bits per heavy atom. The van der Waals surface area contributed by atoms with Crippen LogP contribution < -0.4 is 5.73 Å². The number of halogens is 1. The predicted molar refractivity (Wildman–Crippen MR) is 115 cm³/mol. The van der Waals surface area contributed by atoms with Gasteiger partial charge in [0.05, 0.1) is 16.8 Å². The quantitative estimate of drug-likeness (QED) is 0.696. The van der Waals surface area contributed by atoms with Gasteiger partial charge in [0.25, 0.3) is 0 Å². The van der Waals surface area contributed by atoms with Crippen molar-refractivity contribution < 1.29 is 0 Å². The number of hydrogen-bond donors (Lipinski definition) is 1. The van der Waals surface area contributed by atoms with Crippen molar-refractivity contribution in [3.63, 3.8) is 0 Å². The van der Waals surface area contributed by atoms with Crippen LogP contribution in [-0.4, -0.2) is 28.7 Å². The Balaban J connectivity index is 1.92. The number of aromatic nitrogens is 1. The zero-order chi connectivity index (χ0) is 19.0. The third-order valence-corrected chi connectivity index (χ3v) is 6.96. The molecule has 0 radical (unpaired) electrons. The topological polar surface area (TPSA) is 42.1 Å². The first-order chi connectivity index (χ1) is 13.1. The first kappa shape index (κ1) is 18.9. The van der Waals surface area contributed by atoms with Gasteiger partial charge in [-0.1, -0.05) is 36.6 Å². The SMILES string of the molecule is CSc1ccc(C2=C(CN)C3(C)C=CC=C(Cl)C=C3N2C2CCCC2)nc1. The van der Waals surface area contributed by atoms with E-state index in [1.54, 1.807) is 11.8 Å². The standard InChI is InChI=1S/C22H26ClN3S/c1-22-11-5-6-15(23)12-20(22)26(16-7-3-4-8-16)21(18(22)13-24)19-10-9-17(27-2)14-25-19/h5-6,9-12,14,16H,3-4,7-8,13,24H2,1-2H3. The first-order valence-electron chi connectivity index (χ1n) is 9.59. The second-order valence-electron chi connectivity index (χ2n) is 7.57. The molecule has 1 atom stereocenters. The summed E-state index contributed by atoms with van der Waals surface area (Å²) in [7, 11) is 0. The molecule has 1 fully saturated rings. The van der Waals surface area contributed by atoms with Gasteiger partial charge in [-0.3, -0.25) is 4.98 Å². The second kappa shape index (κ2) is 7.50. The summed E-state index contributed by atoms with van der Waals surface area (Å²) in [5.41, 5.74) is 10.7. The lowest BCUT2D eigenvalue weighted by Gasteiger charge is -2.34. The smallest absolute Gasteiger partial charge is 0.0867 e. The molecular formula is C22H26ClN3S. The van der Waals surface area contributed by atoms with Gasteiger partial charge < -0.3 is 10.6 Å². The first-order valence-corrected chi connectivity index (χ1v) is 11.2. The van der Waals surface area contributed by atoms with Crippen molar-refractivity contribution in [2.24, 2.45) is 11.1 Å². The van der Waals surface area contributed by atoms with Crippen molar-refractivity contribution in [2.75, 3.05) is 12.8 Å². The van der Waals surface area contributed by atoms with Crippen LogP contribution in [0.5, 0.6) is 0 Å². The molecule has 2 aliphatic carbocycles. The summed E-state index contributed by atoms with van der Waals surface area (Å²) >= 11 is 8.20. The van der Waals surface area contributed by atoms with Gasteiger partial charge in [0.2, 0.25) is 0 Å². The van der Waals surface area contributed by atoms with Crippen LogP contribution in [0.3, 0.4) is 0 Å². The van der Waals surface area contributed by atoms with Gasteiger partial charge in [-0.15, -0.1) is 11.8 Å². The number of allylic oxidation sites excluding steroid dienone is 5. The molecule has 0 aromatic carbocycles. The number of hydrogen-bond acceptors (Lipinski definition) is 4. The Morgan fingerprint density at radius 2 is 2.11 bits per heavy atom. The Bertz CT molecular complexity index is 847. The number of pyridine rings is 1. The molecule has 1 aromatic rings. The molecule has 0 bridgehead atoms. The van der Waals surface area contributed by atoms with Crippen molar-refractivity contribution in [3.8, 4) is 0 Å². The summed E-state index contributed by atoms with van der Waals surface area (Å²) in [6, 6.07) is 4.76. The Kier molecular flexibility index (Phi) is 5.23. The molecule has 2 heterocycles. The van der Waals surface area contributed by atoms with Gasteiger partial charge in [-0.05, 0) is 55.9 Å². The van der Waals surface area contributed by atoms with E-state index in [0.29, 0.717) is 12.6 Å². The summed E-state index contributed by atoms with van der Waals surface area (Å²) in [5.74, 6) is 0. The molecule has 0 spiro atoms. The highest BCUT2D eigenvalue weighted by molar-refractivity contribution is 7.98. The molecule has 3 nitrogen and oxygen atoms in total. The summed E-state index contributed by atoms with van der Waals surface area (Å²) in [4.78, 5) is 8.48. The van der Waals surface area contributed by atoms with E-state index in [-0.39, 0.29) is 5.41 Å². The number of fused-ring (bicyclic) bond motifs is 1. The molecular weight excluding hydrogens is 374 g/mol. The van der Waals surface area contributed by atoms with E-state index >= 15 is 0 Å². The lowest BCUT2D eigenvalue weighted by Crippen LogP contribution is -2.32. The minimum absolute atomic E-state index is 0.250. The summed E-state index contributed by atoms with van der Waals surface area (Å²) in [5, 5.41) is 0.760. The molecule has 1 saturated carbocycles. The molecule has 1 aromatic heterocycles. The summed E-state index contributed by atoms with van der Waals surface area (Å²) in [6.45, 7) is 2.76. The van der Waals surface area contributed by atoms with Crippen LogP contribution in [0.1, 0.15) is 38.3 Å². The van der Waals surface area contributed by atoms with Gasteiger partial charge in [-0.25, -0.2) is 0 Å². The summed E-state index contributed by atoms with van der Waals surface area (Å²) in [6.07, 6.45) is 17.4. The van der Waals surface area contributed by atoms with Gasteiger partial charge in [0.15, 0.2) is 0 Å². The Hall–Kier alpha value is -1.49. The third kappa shape index (κ3) is 3.18. The predicted octanol–water partition coefficient (Wildman–Crippen LogP) is 5.31. The zero-order valence-corrected chi connectivity index (χ0v) is 17.5. The molecule has 1 aliphatic heterocycles. The fraction of sp³-hybridized carbons (Fsp3) is 0.409. The monoisotopic (exact) mass is 399 g/mol. The van der Waals surface area contributed by atoms with Crippen LogP contribution in [-0.2, 0) is 0 Å². The fourth-order valence-electron chi connectivity index (χ4n) is 4.60. The van der Waals surface area contributed by atoms with Gasteiger partial charge in [-0.2, -0.15) is 0 Å². The summed E-state index contributed by atoms with van der Waals surface area (Å²) < 4.78 is 0. The number of rotatable bonds is 4. The molecule has 5 heteroatoms. The van der Waals surface area contributed by atoms with E-state index in [4.69, 9.17) is 22.3 Å². The van der Waals surface area contributed by atoms with Crippen LogP contribution >= 0.6 is 23.4 Å². The van der Waals surface area contributed by atoms with E-state index in [1.165, 1.54) is 47.5 Å². The second-order valence-corrected chi connectivity index (χ2v) is 8.88. The van der Waals surface area contributed by atoms with Crippen molar-refractivity contribution in [3.05, 3.63) is 64.6 Å². The van der Waals surface area contributed by atoms with E-state index < -0.39 is 0 Å². The highest BCUT2D eigenvalue weighted by Crippen LogP contribution is 2.54. The van der Waals surface area contributed by atoms with Crippen molar-refractivity contribution in [2.45, 2.75) is 43.5 Å². The minimum Gasteiger partial charge on any atom is -0.339 e. The average Bonchev–Trinajstić information content (AvgIpc) is 3.24.